The Morgan fingerprint density at radius 1 is 0.972 bits per heavy atom. The Morgan fingerprint density at radius 3 is 2.39 bits per heavy atom. The van der Waals surface area contributed by atoms with Gasteiger partial charge in [-0.05, 0) is 71.8 Å². The molecule has 0 amide bonds. The summed E-state index contributed by atoms with van der Waals surface area (Å²) in [6.07, 6.45) is 1.89. The molecule has 9 heteroatoms. The number of carbonyl (C=O) groups is 2. The summed E-state index contributed by atoms with van der Waals surface area (Å²) in [6, 6.07) is 17.8. The molecule has 186 valence electrons. The van der Waals surface area contributed by atoms with E-state index in [2.05, 4.69) is 0 Å². The van der Waals surface area contributed by atoms with Gasteiger partial charge in [-0.1, -0.05) is 36.4 Å². The molecular weight excluding hydrogens is 482 g/mol. The number of sulfonamides is 1. The number of carboxylic acid groups (broad SMARTS) is 1. The molecule has 0 radical (unpaired) electrons. The normalized spacial score (nSPS) is 15.5. The SMILES string of the molecule is Cc1ccc(CC(=O)C2(c3ccc4c(c3)OCO4)CC2)cc1-c1ccc(S(=O)(=O)NCC(=O)O)cc1. The van der Waals surface area contributed by atoms with Gasteiger partial charge in [-0.25, -0.2) is 8.42 Å². The molecule has 1 saturated carbocycles. The highest BCUT2D eigenvalue weighted by Crippen LogP contribution is 2.51. The summed E-state index contributed by atoms with van der Waals surface area (Å²) in [5, 5.41) is 8.73. The van der Waals surface area contributed by atoms with Crippen molar-refractivity contribution in [2.45, 2.75) is 36.5 Å². The number of benzene rings is 3. The molecule has 0 bridgehead atoms. The van der Waals surface area contributed by atoms with E-state index in [1.807, 2.05) is 48.0 Å². The second kappa shape index (κ2) is 9.07. The van der Waals surface area contributed by atoms with Gasteiger partial charge >= 0.3 is 5.97 Å². The van der Waals surface area contributed by atoms with Crippen LogP contribution in [0.3, 0.4) is 0 Å². The summed E-state index contributed by atoms with van der Waals surface area (Å²) in [7, 11) is -3.92. The lowest BCUT2D eigenvalue weighted by atomic mass is 9.87. The first-order valence-corrected chi connectivity index (χ1v) is 13.0. The van der Waals surface area contributed by atoms with Crippen LogP contribution in [0.25, 0.3) is 11.1 Å². The molecule has 5 rings (SSSR count). The Kier molecular flexibility index (Phi) is 6.05. The third-order valence-electron chi connectivity index (χ3n) is 6.76. The molecule has 0 atom stereocenters. The van der Waals surface area contributed by atoms with Crippen LogP contribution in [0, 0.1) is 6.92 Å². The molecule has 0 aromatic heterocycles. The van der Waals surface area contributed by atoms with E-state index in [1.165, 1.54) is 12.1 Å². The number of aliphatic carboxylic acids is 1. The van der Waals surface area contributed by atoms with Crippen molar-refractivity contribution in [1.29, 1.82) is 0 Å². The molecular formula is C27H25NO7S. The fourth-order valence-electron chi connectivity index (χ4n) is 4.55. The quantitative estimate of drug-likeness (QED) is 0.454. The summed E-state index contributed by atoms with van der Waals surface area (Å²) >= 11 is 0. The second-order valence-corrected chi connectivity index (χ2v) is 10.9. The number of carboxylic acids is 1. The summed E-state index contributed by atoms with van der Waals surface area (Å²) in [6.45, 7) is 1.46. The van der Waals surface area contributed by atoms with Gasteiger partial charge in [-0.3, -0.25) is 9.59 Å². The van der Waals surface area contributed by atoms with Crippen LogP contribution in [0.1, 0.15) is 29.5 Å². The highest BCUT2D eigenvalue weighted by molar-refractivity contribution is 7.89. The molecule has 2 aliphatic rings. The molecule has 2 N–H and O–H groups in total. The van der Waals surface area contributed by atoms with Crippen molar-refractivity contribution in [3.8, 4) is 22.6 Å². The Morgan fingerprint density at radius 2 is 1.69 bits per heavy atom. The first kappa shape index (κ1) is 24.0. The zero-order valence-corrected chi connectivity index (χ0v) is 20.4. The number of nitrogens with one attached hydrogen (secondary N) is 1. The van der Waals surface area contributed by atoms with E-state index >= 15 is 0 Å². The van der Waals surface area contributed by atoms with Gasteiger partial charge in [-0.15, -0.1) is 0 Å². The molecule has 0 spiro atoms. The molecule has 1 fully saturated rings. The minimum absolute atomic E-state index is 0.0177. The standard InChI is InChI=1S/C27H25NO7S/c1-17-2-3-18(12-22(17)19-4-7-21(8-5-19)36(32,33)28-15-26(30)31)13-25(29)27(10-11-27)20-6-9-23-24(14-20)35-16-34-23/h2-9,12,14,28H,10-11,13,15-16H2,1H3,(H,30,31). The van der Waals surface area contributed by atoms with E-state index in [1.54, 1.807) is 12.1 Å². The maximum Gasteiger partial charge on any atom is 0.318 e. The van der Waals surface area contributed by atoms with Crippen LogP contribution in [0.15, 0.2) is 65.6 Å². The number of rotatable bonds is 9. The predicted molar refractivity (Wildman–Crippen MR) is 132 cm³/mol. The maximum absolute atomic E-state index is 13.4. The van der Waals surface area contributed by atoms with Crippen molar-refractivity contribution in [2.75, 3.05) is 13.3 Å². The summed E-state index contributed by atoms with van der Waals surface area (Å²) in [4.78, 5) is 24.1. The number of aryl methyl sites for hydroxylation is 1. The zero-order valence-electron chi connectivity index (χ0n) is 19.6. The van der Waals surface area contributed by atoms with Crippen molar-refractivity contribution < 1.29 is 32.6 Å². The van der Waals surface area contributed by atoms with Gasteiger partial charge in [0.1, 0.15) is 12.3 Å². The molecule has 1 heterocycles. The minimum Gasteiger partial charge on any atom is -0.480 e. The molecule has 0 saturated heterocycles. The number of hydrogen-bond donors (Lipinski definition) is 2. The van der Waals surface area contributed by atoms with Crippen LogP contribution in [-0.4, -0.2) is 38.6 Å². The smallest absolute Gasteiger partial charge is 0.318 e. The van der Waals surface area contributed by atoms with Gasteiger partial charge in [0.2, 0.25) is 16.8 Å². The van der Waals surface area contributed by atoms with Gasteiger partial charge in [0.05, 0.1) is 10.3 Å². The minimum atomic E-state index is -3.92. The molecule has 1 aliphatic carbocycles. The van der Waals surface area contributed by atoms with Crippen molar-refractivity contribution in [1.82, 2.24) is 4.72 Å². The third kappa shape index (κ3) is 4.59. The summed E-state index contributed by atoms with van der Waals surface area (Å²) in [5.74, 6) is 0.264. The monoisotopic (exact) mass is 507 g/mol. The predicted octanol–water partition coefficient (Wildman–Crippen LogP) is 3.60. The number of ether oxygens (including phenoxy) is 2. The van der Waals surface area contributed by atoms with Crippen LogP contribution in [0.2, 0.25) is 0 Å². The number of hydrogen-bond acceptors (Lipinski definition) is 6. The number of fused-ring (bicyclic) bond motifs is 1. The van der Waals surface area contributed by atoms with E-state index in [0.29, 0.717) is 11.5 Å². The lowest BCUT2D eigenvalue weighted by Gasteiger charge is -2.16. The summed E-state index contributed by atoms with van der Waals surface area (Å²) in [5.41, 5.74) is 4.03. The molecule has 3 aromatic rings. The van der Waals surface area contributed by atoms with E-state index in [4.69, 9.17) is 14.6 Å². The first-order chi connectivity index (χ1) is 17.2. The van der Waals surface area contributed by atoms with E-state index in [-0.39, 0.29) is 23.9 Å². The number of carbonyl (C=O) groups excluding carboxylic acids is 1. The average Bonchev–Trinajstić information content (AvgIpc) is 3.55. The van der Waals surface area contributed by atoms with Crippen molar-refractivity contribution in [2.24, 2.45) is 0 Å². The van der Waals surface area contributed by atoms with Crippen LogP contribution in [0.4, 0.5) is 0 Å². The zero-order chi connectivity index (χ0) is 25.5. The molecule has 36 heavy (non-hydrogen) atoms. The first-order valence-electron chi connectivity index (χ1n) is 11.5. The Hall–Kier alpha value is -3.69. The van der Waals surface area contributed by atoms with Gasteiger partial charge in [0, 0.05) is 6.42 Å². The third-order valence-corrected chi connectivity index (χ3v) is 8.18. The van der Waals surface area contributed by atoms with E-state index in [0.717, 1.165) is 40.7 Å². The molecule has 0 unspecified atom stereocenters. The van der Waals surface area contributed by atoms with Gasteiger partial charge in [0.25, 0.3) is 0 Å². The number of ketones is 1. The maximum atomic E-state index is 13.4. The van der Waals surface area contributed by atoms with Gasteiger partial charge in [0.15, 0.2) is 11.5 Å². The largest absolute Gasteiger partial charge is 0.480 e. The molecule has 8 nitrogen and oxygen atoms in total. The van der Waals surface area contributed by atoms with E-state index < -0.39 is 28.0 Å². The van der Waals surface area contributed by atoms with Gasteiger partial charge in [-0.2, -0.15) is 4.72 Å². The van der Waals surface area contributed by atoms with Crippen LogP contribution in [0.5, 0.6) is 11.5 Å². The molecule has 3 aromatic carbocycles. The van der Waals surface area contributed by atoms with Crippen LogP contribution < -0.4 is 14.2 Å². The second-order valence-electron chi connectivity index (χ2n) is 9.14. The highest BCUT2D eigenvalue weighted by Gasteiger charge is 2.50. The fraction of sp³-hybridized carbons (Fsp3) is 0.259. The fourth-order valence-corrected chi connectivity index (χ4v) is 5.52. The van der Waals surface area contributed by atoms with Crippen molar-refractivity contribution in [3.05, 3.63) is 77.4 Å². The summed E-state index contributed by atoms with van der Waals surface area (Å²) < 4.78 is 37.5. The number of Topliss-reactive ketones (excluding diaryl/α,β-unsaturated/α-hetero) is 1. The Bertz CT molecular complexity index is 1460. The Labute approximate surface area is 208 Å². The Balaban J connectivity index is 1.35. The topological polar surface area (TPSA) is 119 Å². The average molecular weight is 508 g/mol. The van der Waals surface area contributed by atoms with Crippen LogP contribution in [-0.2, 0) is 31.4 Å². The van der Waals surface area contributed by atoms with E-state index in [9.17, 15) is 18.0 Å². The van der Waals surface area contributed by atoms with Crippen molar-refractivity contribution >= 4 is 21.8 Å². The lowest BCUT2D eigenvalue weighted by Crippen LogP contribution is -2.29. The molecule has 1 aliphatic heterocycles. The van der Waals surface area contributed by atoms with Gasteiger partial charge < -0.3 is 14.6 Å². The van der Waals surface area contributed by atoms with Crippen LogP contribution >= 0.6 is 0 Å². The van der Waals surface area contributed by atoms with Crippen molar-refractivity contribution in [3.63, 3.8) is 0 Å². The highest BCUT2D eigenvalue weighted by atomic mass is 32.2. The lowest BCUT2D eigenvalue weighted by molar-refractivity contribution is -0.135.